The minimum atomic E-state index is -4.11. The summed E-state index contributed by atoms with van der Waals surface area (Å²) in [4.78, 5) is 25.1. The molecule has 0 bridgehead atoms. The van der Waals surface area contributed by atoms with E-state index in [1.54, 1.807) is 50.2 Å². The maximum Gasteiger partial charge on any atom is 0.338 e. The van der Waals surface area contributed by atoms with E-state index in [2.05, 4.69) is 5.32 Å². The highest BCUT2D eigenvalue weighted by molar-refractivity contribution is 7.92. The van der Waals surface area contributed by atoms with Crippen molar-refractivity contribution < 1.29 is 32.2 Å². The summed E-state index contributed by atoms with van der Waals surface area (Å²) in [5.74, 6) is -0.308. The van der Waals surface area contributed by atoms with E-state index in [4.69, 9.17) is 14.2 Å². The van der Waals surface area contributed by atoms with Crippen LogP contribution in [-0.2, 0) is 19.6 Å². The van der Waals surface area contributed by atoms with E-state index in [1.807, 2.05) is 0 Å². The number of methoxy groups -OCH3 is 2. The molecule has 1 amide bonds. The van der Waals surface area contributed by atoms with Gasteiger partial charge in [-0.05, 0) is 61.9 Å². The summed E-state index contributed by atoms with van der Waals surface area (Å²) in [7, 11) is -1.20. The van der Waals surface area contributed by atoms with E-state index in [0.717, 1.165) is 4.31 Å². The molecule has 0 heterocycles. The molecule has 3 aromatic rings. The molecule has 0 saturated carbocycles. The number of anilines is 2. The van der Waals surface area contributed by atoms with Crippen molar-refractivity contribution in [2.24, 2.45) is 0 Å². The predicted molar refractivity (Wildman–Crippen MR) is 136 cm³/mol. The van der Waals surface area contributed by atoms with E-state index >= 15 is 0 Å². The van der Waals surface area contributed by atoms with Crippen LogP contribution in [0.3, 0.4) is 0 Å². The predicted octanol–water partition coefficient (Wildman–Crippen LogP) is 4.02. The summed E-state index contributed by atoms with van der Waals surface area (Å²) in [6, 6.07) is 17.1. The molecule has 0 aromatic heterocycles. The first kappa shape index (κ1) is 26.6. The third-order valence-electron chi connectivity index (χ3n) is 5.29. The number of amides is 1. The molecule has 190 valence electrons. The highest BCUT2D eigenvalue weighted by Gasteiger charge is 2.28. The Labute approximate surface area is 210 Å². The third kappa shape index (κ3) is 5.95. The van der Waals surface area contributed by atoms with Crippen molar-refractivity contribution in [2.45, 2.75) is 18.7 Å². The van der Waals surface area contributed by atoms with Crippen LogP contribution in [0.2, 0.25) is 0 Å². The molecular weight excluding hydrogens is 484 g/mol. The molecule has 0 unspecified atom stereocenters. The molecule has 0 fully saturated rings. The Balaban J connectivity index is 1.94. The van der Waals surface area contributed by atoms with Crippen molar-refractivity contribution >= 4 is 33.3 Å². The topological polar surface area (TPSA) is 111 Å². The highest BCUT2D eigenvalue weighted by Crippen LogP contribution is 2.33. The van der Waals surface area contributed by atoms with Gasteiger partial charge < -0.3 is 19.5 Å². The van der Waals surface area contributed by atoms with Gasteiger partial charge in [0.25, 0.3) is 10.0 Å². The van der Waals surface area contributed by atoms with Crippen LogP contribution in [0.4, 0.5) is 11.4 Å². The van der Waals surface area contributed by atoms with Gasteiger partial charge in [-0.25, -0.2) is 13.2 Å². The van der Waals surface area contributed by atoms with Crippen LogP contribution in [-0.4, -0.2) is 47.7 Å². The van der Waals surface area contributed by atoms with Crippen LogP contribution in [0.5, 0.6) is 11.5 Å². The summed E-state index contributed by atoms with van der Waals surface area (Å²) in [5.41, 5.74) is 1.64. The summed E-state index contributed by atoms with van der Waals surface area (Å²) >= 11 is 0. The monoisotopic (exact) mass is 512 g/mol. The Bertz CT molecular complexity index is 1340. The molecule has 0 aliphatic carbocycles. The first-order chi connectivity index (χ1) is 17.2. The van der Waals surface area contributed by atoms with Crippen LogP contribution >= 0.6 is 0 Å². The largest absolute Gasteiger partial charge is 0.493 e. The van der Waals surface area contributed by atoms with Crippen LogP contribution in [0.15, 0.2) is 71.6 Å². The number of nitrogens with zero attached hydrogens (tertiary/aromatic N) is 1. The summed E-state index contributed by atoms with van der Waals surface area (Å²) < 4.78 is 43.7. The number of carbonyl (C=O) groups excluding carboxylic acids is 2. The maximum absolute atomic E-state index is 13.5. The van der Waals surface area contributed by atoms with Crippen LogP contribution in [0, 0.1) is 6.92 Å². The Morgan fingerprint density at radius 3 is 2.22 bits per heavy atom. The first-order valence-corrected chi connectivity index (χ1v) is 12.5. The van der Waals surface area contributed by atoms with E-state index in [-0.39, 0.29) is 17.2 Å². The van der Waals surface area contributed by atoms with Crippen molar-refractivity contribution in [3.05, 3.63) is 77.9 Å². The molecule has 1 N–H and O–H groups in total. The Morgan fingerprint density at radius 1 is 0.917 bits per heavy atom. The van der Waals surface area contributed by atoms with Gasteiger partial charge >= 0.3 is 5.97 Å². The van der Waals surface area contributed by atoms with Gasteiger partial charge in [0, 0.05) is 11.8 Å². The molecule has 0 spiro atoms. The first-order valence-electron chi connectivity index (χ1n) is 11.1. The summed E-state index contributed by atoms with van der Waals surface area (Å²) in [5, 5.41) is 2.73. The number of rotatable bonds is 10. The van der Waals surface area contributed by atoms with Crippen molar-refractivity contribution in [3.8, 4) is 11.5 Å². The number of sulfonamides is 1. The standard InChI is InChI=1S/C26H28N2O7S/c1-5-35-26(30)19-11-13-22(18(2)15-19)27-25(29)17-28(36(31,32)21-9-7-6-8-10-21)20-12-14-23(33-3)24(16-20)34-4/h6-16H,5,17H2,1-4H3,(H,27,29). The Kier molecular flexibility index (Phi) is 8.55. The fourth-order valence-corrected chi connectivity index (χ4v) is 4.91. The minimum Gasteiger partial charge on any atom is -0.493 e. The molecule has 0 aliphatic rings. The molecular formula is C26H28N2O7S. The zero-order chi connectivity index (χ0) is 26.3. The molecule has 0 atom stereocenters. The second-order valence-electron chi connectivity index (χ2n) is 7.66. The van der Waals surface area contributed by atoms with Crippen LogP contribution in [0.1, 0.15) is 22.8 Å². The fraction of sp³-hybridized carbons (Fsp3) is 0.231. The Hall–Kier alpha value is -4.05. The second kappa shape index (κ2) is 11.6. The second-order valence-corrected chi connectivity index (χ2v) is 9.52. The number of ether oxygens (including phenoxy) is 3. The highest BCUT2D eigenvalue weighted by atomic mass is 32.2. The van der Waals surface area contributed by atoms with Crippen molar-refractivity contribution in [3.63, 3.8) is 0 Å². The lowest BCUT2D eigenvalue weighted by molar-refractivity contribution is -0.114. The number of carbonyl (C=O) groups is 2. The van der Waals surface area contributed by atoms with Crippen LogP contribution in [0.25, 0.3) is 0 Å². The fourth-order valence-electron chi connectivity index (χ4n) is 3.48. The smallest absolute Gasteiger partial charge is 0.338 e. The molecule has 3 aromatic carbocycles. The van der Waals surface area contributed by atoms with E-state index in [1.165, 1.54) is 44.6 Å². The summed E-state index contributed by atoms with van der Waals surface area (Å²) in [6.07, 6.45) is 0. The van der Waals surface area contributed by atoms with Crippen molar-refractivity contribution in [1.29, 1.82) is 0 Å². The van der Waals surface area contributed by atoms with E-state index in [0.29, 0.717) is 28.3 Å². The van der Waals surface area contributed by atoms with E-state index < -0.39 is 28.4 Å². The number of esters is 1. The van der Waals surface area contributed by atoms with Crippen molar-refractivity contribution in [2.75, 3.05) is 37.0 Å². The lowest BCUT2D eigenvalue weighted by atomic mass is 10.1. The van der Waals surface area contributed by atoms with Gasteiger partial charge in [0.2, 0.25) is 5.91 Å². The van der Waals surface area contributed by atoms with Gasteiger partial charge in [-0.2, -0.15) is 0 Å². The van der Waals surface area contributed by atoms with Gasteiger partial charge in [0.05, 0.1) is 37.0 Å². The summed E-state index contributed by atoms with van der Waals surface area (Å²) in [6.45, 7) is 3.18. The molecule has 0 radical (unpaired) electrons. The molecule has 0 saturated heterocycles. The molecule has 36 heavy (non-hydrogen) atoms. The normalized spacial score (nSPS) is 10.9. The molecule has 3 rings (SSSR count). The zero-order valence-electron chi connectivity index (χ0n) is 20.5. The lowest BCUT2D eigenvalue weighted by Gasteiger charge is -2.25. The lowest BCUT2D eigenvalue weighted by Crippen LogP contribution is -2.38. The van der Waals surface area contributed by atoms with Gasteiger partial charge in [-0.1, -0.05) is 18.2 Å². The third-order valence-corrected chi connectivity index (χ3v) is 7.07. The van der Waals surface area contributed by atoms with E-state index in [9.17, 15) is 18.0 Å². The minimum absolute atomic E-state index is 0.0301. The number of nitrogens with one attached hydrogen (secondary N) is 1. The SMILES string of the molecule is CCOC(=O)c1ccc(NC(=O)CN(c2ccc(OC)c(OC)c2)S(=O)(=O)c2ccccc2)c(C)c1. The number of hydrogen-bond donors (Lipinski definition) is 1. The van der Waals surface area contributed by atoms with Gasteiger partial charge in [0.1, 0.15) is 6.54 Å². The van der Waals surface area contributed by atoms with Crippen LogP contribution < -0.4 is 19.1 Å². The van der Waals surface area contributed by atoms with Gasteiger partial charge in [0.15, 0.2) is 11.5 Å². The Morgan fingerprint density at radius 2 is 1.61 bits per heavy atom. The maximum atomic E-state index is 13.5. The number of hydrogen-bond acceptors (Lipinski definition) is 7. The number of benzene rings is 3. The number of aryl methyl sites for hydroxylation is 1. The van der Waals surface area contributed by atoms with Gasteiger partial charge in [-0.15, -0.1) is 0 Å². The molecule has 0 aliphatic heterocycles. The average Bonchev–Trinajstić information content (AvgIpc) is 2.88. The van der Waals surface area contributed by atoms with Gasteiger partial charge in [-0.3, -0.25) is 9.10 Å². The quantitative estimate of drug-likeness (QED) is 0.409. The molecule has 10 heteroatoms. The average molecular weight is 513 g/mol. The molecule has 9 nitrogen and oxygen atoms in total. The van der Waals surface area contributed by atoms with Crippen molar-refractivity contribution in [1.82, 2.24) is 0 Å². The zero-order valence-corrected chi connectivity index (χ0v) is 21.3.